The molecule has 0 amide bonds. The molecule has 1 aliphatic rings. The molecule has 1 fully saturated rings. The Morgan fingerprint density at radius 3 is 2.79 bits per heavy atom. The summed E-state index contributed by atoms with van der Waals surface area (Å²) >= 11 is 9.71. The molecule has 0 saturated heterocycles. The first-order chi connectivity index (χ1) is 9.11. The summed E-state index contributed by atoms with van der Waals surface area (Å²) in [5, 5.41) is 4.39. The summed E-state index contributed by atoms with van der Waals surface area (Å²) < 4.78 is 1.03. The summed E-state index contributed by atoms with van der Waals surface area (Å²) in [6.07, 6.45) is 2.75. The minimum atomic E-state index is 0.290. The number of rotatable bonds is 7. The SMILES string of the molecule is CCN(CCNC(C)c1ccc(Br)cc1Cl)C1CC1. The summed E-state index contributed by atoms with van der Waals surface area (Å²) in [6, 6.07) is 7.22. The van der Waals surface area contributed by atoms with Crippen LogP contribution in [0.25, 0.3) is 0 Å². The van der Waals surface area contributed by atoms with Crippen molar-refractivity contribution in [3.8, 4) is 0 Å². The van der Waals surface area contributed by atoms with Crippen molar-refractivity contribution in [2.75, 3.05) is 19.6 Å². The molecule has 0 aromatic heterocycles. The first-order valence-corrected chi connectivity index (χ1v) is 8.21. The second-order valence-corrected chi connectivity index (χ2v) is 6.52. The van der Waals surface area contributed by atoms with Crippen molar-refractivity contribution in [2.24, 2.45) is 0 Å². The number of halogens is 2. The summed E-state index contributed by atoms with van der Waals surface area (Å²) in [5.74, 6) is 0. The molecule has 1 aromatic carbocycles. The Morgan fingerprint density at radius 2 is 2.21 bits per heavy atom. The third-order valence-corrected chi connectivity index (χ3v) is 4.57. The van der Waals surface area contributed by atoms with Crippen LogP contribution in [0.5, 0.6) is 0 Å². The molecule has 1 saturated carbocycles. The maximum Gasteiger partial charge on any atom is 0.0464 e. The fourth-order valence-corrected chi connectivity index (χ4v) is 3.26. The van der Waals surface area contributed by atoms with E-state index in [-0.39, 0.29) is 0 Å². The van der Waals surface area contributed by atoms with Gasteiger partial charge in [0.05, 0.1) is 0 Å². The van der Waals surface area contributed by atoms with Gasteiger partial charge in [-0.3, -0.25) is 4.90 Å². The molecule has 1 unspecified atom stereocenters. The van der Waals surface area contributed by atoms with Crippen LogP contribution in [0.4, 0.5) is 0 Å². The minimum absolute atomic E-state index is 0.290. The van der Waals surface area contributed by atoms with Crippen molar-refractivity contribution in [3.63, 3.8) is 0 Å². The zero-order chi connectivity index (χ0) is 13.8. The second kappa shape index (κ2) is 7.07. The molecule has 0 heterocycles. The Hall–Kier alpha value is -0.0900. The van der Waals surface area contributed by atoms with Crippen LogP contribution in [0.2, 0.25) is 5.02 Å². The minimum Gasteiger partial charge on any atom is -0.309 e. The van der Waals surface area contributed by atoms with Gasteiger partial charge in [-0.15, -0.1) is 0 Å². The zero-order valence-corrected chi connectivity index (χ0v) is 14.0. The first kappa shape index (κ1) is 15.3. The van der Waals surface area contributed by atoms with E-state index in [1.54, 1.807) is 0 Å². The molecule has 1 N–H and O–H groups in total. The number of hydrogen-bond donors (Lipinski definition) is 1. The van der Waals surface area contributed by atoms with Crippen molar-refractivity contribution in [1.29, 1.82) is 0 Å². The second-order valence-electron chi connectivity index (χ2n) is 5.20. The Balaban J connectivity index is 1.81. The fraction of sp³-hybridized carbons (Fsp3) is 0.600. The van der Waals surface area contributed by atoms with Crippen LogP contribution in [-0.4, -0.2) is 30.6 Å². The third kappa shape index (κ3) is 4.45. The number of nitrogens with zero attached hydrogens (tertiary/aromatic N) is 1. The summed E-state index contributed by atoms with van der Waals surface area (Å²) in [6.45, 7) is 7.70. The Kier molecular flexibility index (Phi) is 5.70. The van der Waals surface area contributed by atoms with Gasteiger partial charge in [0.2, 0.25) is 0 Å². The molecule has 2 nitrogen and oxygen atoms in total. The summed E-state index contributed by atoms with van der Waals surface area (Å²) in [4.78, 5) is 2.56. The lowest BCUT2D eigenvalue weighted by molar-refractivity contribution is 0.273. The van der Waals surface area contributed by atoms with Crippen LogP contribution in [0.15, 0.2) is 22.7 Å². The van der Waals surface area contributed by atoms with Crippen molar-refractivity contribution < 1.29 is 0 Å². The standard InChI is InChI=1S/C15H22BrClN2/c1-3-19(13-5-6-13)9-8-18-11(2)14-7-4-12(16)10-15(14)17/h4,7,10-11,13,18H,3,5-6,8-9H2,1-2H3. The fourth-order valence-electron chi connectivity index (χ4n) is 2.43. The zero-order valence-electron chi connectivity index (χ0n) is 11.6. The van der Waals surface area contributed by atoms with Gasteiger partial charge in [-0.2, -0.15) is 0 Å². The van der Waals surface area contributed by atoms with Gasteiger partial charge in [-0.1, -0.05) is 40.5 Å². The van der Waals surface area contributed by atoms with E-state index in [9.17, 15) is 0 Å². The van der Waals surface area contributed by atoms with Gasteiger partial charge in [0.25, 0.3) is 0 Å². The topological polar surface area (TPSA) is 15.3 Å². The third-order valence-electron chi connectivity index (χ3n) is 3.75. The van der Waals surface area contributed by atoms with Gasteiger partial charge in [0.15, 0.2) is 0 Å². The molecule has 0 spiro atoms. The number of hydrogen-bond acceptors (Lipinski definition) is 2. The van der Waals surface area contributed by atoms with E-state index in [0.29, 0.717) is 6.04 Å². The number of benzene rings is 1. The molecule has 19 heavy (non-hydrogen) atoms. The predicted octanol–water partition coefficient (Wildman–Crippen LogP) is 4.24. The van der Waals surface area contributed by atoms with E-state index in [4.69, 9.17) is 11.6 Å². The van der Waals surface area contributed by atoms with Crippen molar-refractivity contribution in [1.82, 2.24) is 10.2 Å². The van der Waals surface area contributed by atoms with Gasteiger partial charge < -0.3 is 5.32 Å². The quantitative estimate of drug-likeness (QED) is 0.795. The van der Waals surface area contributed by atoms with E-state index in [2.05, 4.69) is 46.1 Å². The monoisotopic (exact) mass is 344 g/mol. The predicted molar refractivity (Wildman–Crippen MR) is 85.8 cm³/mol. The van der Waals surface area contributed by atoms with Crippen molar-refractivity contribution in [3.05, 3.63) is 33.3 Å². The maximum absolute atomic E-state index is 6.27. The molecule has 0 radical (unpaired) electrons. The van der Waals surface area contributed by atoms with Gasteiger partial charge >= 0.3 is 0 Å². The molecule has 2 rings (SSSR count). The van der Waals surface area contributed by atoms with Gasteiger partial charge in [-0.05, 0) is 44.0 Å². The van der Waals surface area contributed by atoms with E-state index in [0.717, 1.165) is 35.2 Å². The van der Waals surface area contributed by atoms with Gasteiger partial charge in [-0.25, -0.2) is 0 Å². The average molecular weight is 346 g/mol. The van der Waals surface area contributed by atoms with Crippen LogP contribution < -0.4 is 5.32 Å². The lowest BCUT2D eigenvalue weighted by Gasteiger charge is -2.22. The maximum atomic E-state index is 6.27. The highest BCUT2D eigenvalue weighted by molar-refractivity contribution is 9.10. The summed E-state index contributed by atoms with van der Waals surface area (Å²) in [5.41, 5.74) is 1.17. The van der Waals surface area contributed by atoms with Crippen molar-refractivity contribution in [2.45, 2.75) is 38.8 Å². The van der Waals surface area contributed by atoms with Crippen LogP contribution >= 0.6 is 27.5 Å². The van der Waals surface area contributed by atoms with Gasteiger partial charge in [0, 0.05) is 34.7 Å². The van der Waals surface area contributed by atoms with Crippen molar-refractivity contribution >= 4 is 27.5 Å². The van der Waals surface area contributed by atoms with Crippen LogP contribution in [0.3, 0.4) is 0 Å². The highest BCUT2D eigenvalue weighted by atomic mass is 79.9. The lowest BCUT2D eigenvalue weighted by Crippen LogP contribution is -2.34. The molecular formula is C15H22BrClN2. The normalized spacial score (nSPS) is 16.9. The average Bonchev–Trinajstić information content (AvgIpc) is 3.18. The first-order valence-electron chi connectivity index (χ1n) is 7.04. The molecule has 4 heteroatoms. The van der Waals surface area contributed by atoms with E-state index in [1.807, 2.05) is 12.1 Å². The Morgan fingerprint density at radius 1 is 1.47 bits per heavy atom. The smallest absolute Gasteiger partial charge is 0.0464 e. The van der Waals surface area contributed by atoms with Crippen LogP contribution in [0.1, 0.15) is 38.3 Å². The summed E-state index contributed by atoms with van der Waals surface area (Å²) in [7, 11) is 0. The van der Waals surface area contributed by atoms with E-state index < -0.39 is 0 Å². The molecule has 1 aliphatic carbocycles. The molecular weight excluding hydrogens is 324 g/mol. The Labute approximate surface area is 129 Å². The van der Waals surface area contributed by atoms with Crippen LogP contribution in [-0.2, 0) is 0 Å². The van der Waals surface area contributed by atoms with Crippen LogP contribution in [0, 0.1) is 0 Å². The molecule has 0 aliphatic heterocycles. The molecule has 0 bridgehead atoms. The molecule has 1 aromatic rings. The molecule has 106 valence electrons. The lowest BCUT2D eigenvalue weighted by atomic mass is 10.1. The largest absolute Gasteiger partial charge is 0.309 e. The van der Waals surface area contributed by atoms with Gasteiger partial charge in [0.1, 0.15) is 0 Å². The highest BCUT2D eigenvalue weighted by Gasteiger charge is 2.27. The van der Waals surface area contributed by atoms with E-state index >= 15 is 0 Å². The highest BCUT2D eigenvalue weighted by Crippen LogP contribution is 2.27. The Bertz CT molecular complexity index is 421. The number of likely N-dealkylation sites (N-methyl/N-ethyl adjacent to an activating group) is 1. The van der Waals surface area contributed by atoms with E-state index in [1.165, 1.54) is 18.4 Å². The number of nitrogens with one attached hydrogen (secondary N) is 1. The molecule has 1 atom stereocenters.